The van der Waals surface area contributed by atoms with Crippen LogP contribution in [0.5, 0.6) is 0 Å². The van der Waals surface area contributed by atoms with Crippen molar-refractivity contribution in [3.63, 3.8) is 0 Å². The van der Waals surface area contributed by atoms with Crippen molar-refractivity contribution < 1.29 is 13.6 Å². The van der Waals surface area contributed by atoms with Crippen LogP contribution in [0.25, 0.3) is 21.5 Å². The Morgan fingerprint density at radius 3 is 2.29 bits per heavy atom. The maximum Gasteiger partial charge on any atom is 0.294 e. The molecule has 0 aliphatic carbocycles. The lowest BCUT2D eigenvalue weighted by Gasteiger charge is -2.08. The van der Waals surface area contributed by atoms with Gasteiger partial charge < -0.3 is 0 Å². The SMILES string of the molecule is Cc1nc2c(=O)n(CC(=O)c3ccc(F)cc3)nc(-c3ccc(F)cc3)c2s1. The van der Waals surface area contributed by atoms with Gasteiger partial charge in [-0.05, 0) is 55.5 Å². The number of Topliss-reactive ketones (excluding diaryl/α,β-unsaturated/α-hetero) is 1. The van der Waals surface area contributed by atoms with Crippen molar-refractivity contribution >= 4 is 27.3 Å². The molecule has 2 aromatic carbocycles. The molecule has 0 unspecified atom stereocenters. The molecule has 2 aromatic heterocycles. The van der Waals surface area contributed by atoms with Gasteiger partial charge in [-0.1, -0.05) is 0 Å². The molecule has 0 aliphatic heterocycles. The lowest BCUT2D eigenvalue weighted by atomic mass is 10.1. The van der Waals surface area contributed by atoms with E-state index in [0.717, 1.165) is 4.68 Å². The average Bonchev–Trinajstić information content (AvgIpc) is 3.07. The quantitative estimate of drug-likeness (QED) is 0.489. The van der Waals surface area contributed by atoms with E-state index < -0.39 is 11.4 Å². The van der Waals surface area contributed by atoms with Crippen molar-refractivity contribution in [2.75, 3.05) is 0 Å². The molecule has 4 rings (SSSR count). The first kappa shape index (κ1) is 18.1. The number of ketones is 1. The highest BCUT2D eigenvalue weighted by molar-refractivity contribution is 7.19. The molecule has 5 nitrogen and oxygen atoms in total. The minimum Gasteiger partial charge on any atom is -0.292 e. The molecule has 28 heavy (non-hydrogen) atoms. The molecule has 140 valence electrons. The predicted molar refractivity (Wildman–Crippen MR) is 103 cm³/mol. The number of carbonyl (C=O) groups excluding carboxylic acids is 1. The molecular weight excluding hydrogens is 384 g/mol. The zero-order valence-electron chi connectivity index (χ0n) is 14.6. The van der Waals surface area contributed by atoms with Gasteiger partial charge in [-0.15, -0.1) is 11.3 Å². The highest BCUT2D eigenvalue weighted by atomic mass is 32.1. The summed E-state index contributed by atoms with van der Waals surface area (Å²) in [6.07, 6.45) is 0. The van der Waals surface area contributed by atoms with Gasteiger partial charge in [-0.25, -0.2) is 18.4 Å². The van der Waals surface area contributed by atoms with Crippen LogP contribution in [0.2, 0.25) is 0 Å². The Balaban J connectivity index is 1.83. The average molecular weight is 397 g/mol. The third kappa shape index (κ3) is 3.34. The van der Waals surface area contributed by atoms with E-state index in [4.69, 9.17) is 0 Å². The standard InChI is InChI=1S/C20H13F2N3O2S/c1-11-23-18-19(28-11)17(13-4-8-15(22)9-5-13)24-25(20(18)27)10-16(26)12-2-6-14(21)7-3-12/h2-9H,10H2,1H3. The minimum atomic E-state index is -0.485. The Morgan fingerprint density at radius 1 is 1.04 bits per heavy atom. The Labute approximate surface area is 161 Å². The molecule has 0 fully saturated rings. The van der Waals surface area contributed by atoms with Gasteiger partial charge in [0.15, 0.2) is 11.3 Å². The molecule has 0 atom stereocenters. The van der Waals surface area contributed by atoms with Gasteiger partial charge in [0.25, 0.3) is 5.56 Å². The molecule has 8 heteroatoms. The van der Waals surface area contributed by atoms with Gasteiger partial charge in [0, 0.05) is 11.1 Å². The third-order valence-electron chi connectivity index (χ3n) is 4.18. The lowest BCUT2D eigenvalue weighted by molar-refractivity contribution is 0.0966. The Kier molecular flexibility index (Phi) is 4.56. The van der Waals surface area contributed by atoms with Gasteiger partial charge in [-0.2, -0.15) is 5.10 Å². The molecule has 0 bridgehead atoms. The number of rotatable bonds is 4. The number of hydrogen-bond donors (Lipinski definition) is 0. The maximum absolute atomic E-state index is 13.3. The number of fused-ring (bicyclic) bond motifs is 1. The molecule has 0 saturated heterocycles. The number of halogens is 2. The second-order valence-corrected chi connectivity index (χ2v) is 7.36. The fourth-order valence-electron chi connectivity index (χ4n) is 2.83. The fourth-order valence-corrected chi connectivity index (χ4v) is 3.75. The highest BCUT2D eigenvalue weighted by Crippen LogP contribution is 2.29. The normalized spacial score (nSPS) is 11.1. The second-order valence-electron chi connectivity index (χ2n) is 6.16. The third-order valence-corrected chi connectivity index (χ3v) is 5.16. The van der Waals surface area contributed by atoms with Crippen LogP contribution in [0, 0.1) is 18.6 Å². The number of carbonyl (C=O) groups is 1. The van der Waals surface area contributed by atoms with Gasteiger partial charge in [0.1, 0.15) is 23.9 Å². The van der Waals surface area contributed by atoms with Gasteiger partial charge in [0.2, 0.25) is 0 Å². The zero-order chi connectivity index (χ0) is 19.8. The van der Waals surface area contributed by atoms with Crippen molar-refractivity contribution in [3.8, 4) is 11.3 Å². The number of nitrogens with zero attached hydrogens (tertiary/aromatic N) is 3. The van der Waals surface area contributed by atoms with E-state index >= 15 is 0 Å². The largest absolute Gasteiger partial charge is 0.294 e. The first-order valence-corrected chi connectivity index (χ1v) is 9.17. The smallest absolute Gasteiger partial charge is 0.292 e. The van der Waals surface area contributed by atoms with E-state index in [2.05, 4.69) is 10.1 Å². The van der Waals surface area contributed by atoms with Crippen molar-refractivity contribution in [1.29, 1.82) is 0 Å². The summed E-state index contributed by atoms with van der Waals surface area (Å²) in [5.41, 5.74) is 1.06. The van der Waals surface area contributed by atoms with E-state index in [1.165, 1.54) is 47.7 Å². The molecular formula is C20H13F2N3O2S. The van der Waals surface area contributed by atoms with Crippen LogP contribution in [0.3, 0.4) is 0 Å². The first-order chi connectivity index (χ1) is 13.4. The lowest BCUT2D eigenvalue weighted by Crippen LogP contribution is -2.27. The second kappa shape index (κ2) is 7.05. The van der Waals surface area contributed by atoms with Crippen molar-refractivity contribution in [2.45, 2.75) is 13.5 Å². The molecule has 0 spiro atoms. The summed E-state index contributed by atoms with van der Waals surface area (Å²) >= 11 is 1.31. The van der Waals surface area contributed by atoms with Crippen LogP contribution in [-0.4, -0.2) is 20.5 Å². The summed E-state index contributed by atoms with van der Waals surface area (Å²) in [5.74, 6) is -1.23. The summed E-state index contributed by atoms with van der Waals surface area (Å²) < 4.78 is 28.0. The van der Waals surface area contributed by atoms with Crippen LogP contribution in [-0.2, 0) is 6.54 Å². The molecule has 2 heterocycles. The predicted octanol–water partition coefficient (Wildman–Crippen LogP) is 3.99. The number of aryl methyl sites for hydroxylation is 1. The number of benzene rings is 2. The fraction of sp³-hybridized carbons (Fsp3) is 0.100. The number of thiazole rings is 1. The Hall–Kier alpha value is -3.26. The first-order valence-electron chi connectivity index (χ1n) is 8.35. The van der Waals surface area contributed by atoms with E-state index in [1.54, 1.807) is 19.1 Å². The van der Waals surface area contributed by atoms with E-state index in [-0.39, 0.29) is 29.2 Å². The zero-order valence-corrected chi connectivity index (χ0v) is 15.5. The summed E-state index contributed by atoms with van der Waals surface area (Å²) in [7, 11) is 0. The monoisotopic (exact) mass is 397 g/mol. The summed E-state index contributed by atoms with van der Waals surface area (Å²) in [4.78, 5) is 29.6. The minimum absolute atomic E-state index is 0.212. The summed E-state index contributed by atoms with van der Waals surface area (Å²) in [6.45, 7) is 1.46. The molecule has 0 aliphatic rings. The number of aromatic nitrogens is 3. The van der Waals surface area contributed by atoms with E-state index in [0.29, 0.717) is 21.0 Å². The highest BCUT2D eigenvalue weighted by Gasteiger charge is 2.18. The van der Waals surface area contributed by atoms with Gasteiger partial charge in [-0.3, -0.25) is 9.59 Å². The molecule has 4 aromatic rings. The van der Waals surface area contributed by atoms with Crippen molar-refractivity contribution in [1.82, 2.24) is 14.8 Å². The van der Waals surface area contributed by atoms with E-state index in [9.17, 15) is 18.4 Å². The molecule has 0 N–H and O–H groups in total. The summed E-state index contributed by atoms with van der Waals surface area (Å²) in [5, 5.41) is 5.03. The maximum atomic E-state index is 13.3. The molecule has 0 amide bonds. The van der Waals surface area contributed by atoms with Crippen LogP contribution >= 0.6 is 11.3 Å². The molecule has 0 radical (unpaired) electrons. The summed E-state index contributed by atoms with van der Waals surface area (Å²) in [6, 6.07) is 10.8. The Morgan fingerprint density at radius 2 is 1.64 bits per heavy atom. The van der Waals surface area contributed by atoms with Gasteiger partial charge >= 0.3 is 0 Å². The number of hydrogen-bond acceptors (Lipinski definition) is 5. The Bertz CT molecular complexity index is 1250. The van der Waals surface area contributed by atoms with Gasteiger partial charge in [0.05, 0.1) is 9.71 Å². The van der Waals surface area contributed by atoms with Crippen LogP contribution in [0.4, 0.5) is 8.78 Å². The van der Waals surface area contributed by atoms with Crippen molar-refractivity contribution in [3.05, 3.63) is 81.1 Å². The van der Waals surface area contributed by atoms with Crippen LogP contribution in [0.1, 0.15) is 15.4 Å². The molecule has 0 saturated carbocycles. The van der Waals surface area contributed by atoms with Crippen LogP contribution in [0.15, 0.2) is 53.3 Å². The van der Waals surface area contributed by atoms with Crippen molar-refractivity contribution in [2.24, 2.45) is 0 Å². The topological polar surface area (TPSA) is 64.8 Å². The van der Waals surface area contributed by atoms with Crippen LogP contribution < -0.4 is 5.56 Å². The van der Waals surface area contributed by atoms with E-state index in [1.807, 2.05) is 0 Å².